The second-order valence-electron chi connectivity index (χ2n) is 10.5. The van der Waals surface area contributed by atoms with Crippen molar-refractivity contribution in [3.63, 3.8) is 0 Å². The predicted molar refractivity (Wildman–Crippen MR) is 135 cm³/mol. The minimum Gasteiger partial charge on any atom is -0.508 e. The molecule has 0 unspecified atom stereocenters. The summed E-state index contributed by atoms with van der Waals surface area (Å²) in [5, 5.41) is 30.5. The first-order chi connectivity index (χ1) is 18.3. The molecule has 5 rings (SSSR count). The second kappa shape index (κ2) is 10.7. The highest BCUT2D eigenvalue weighted by Gasteiger charge is 2.66. The van der Waals surface area contributed by atoms with Crippen LogP contribution in [0.4, 0.5) is 0 Å². The van der Waals surface area contributed by atoms with Gasteiger partial charge in [-0.15, -0.1) is 0 Å². The Morgan fingerprint density at radius 3 is 2.45 bits per heavy atom. The Bertz CT molecular complexity index is 1170. The molecular weight excluding hydrogens is 490 g/mol. The van der Waals surface area contributed by atoms with E-state index >= 15 is 0 Å². The highest BCUT2D eigenvalue weighted by molar-refractivity contribution is 6.05. The van der Waals surface area contributed by atoms with Crippen molar-refractivity contribution < 1.29 is 39.2 Å². The molecule has 6 atom stereocenters. The van der Waals surface area contributed by atoms with Gasteiger partial charge in [0.05, 0.1) is 24.5 Å². The number of benzene rings is 2. The molecule has 3 fully saturated rings. The SMILES string of the molecule is O=C(O)CCCCCN1C(=O)[C@H]2[C@H](C[C@H](COc3ccccc3)[C@@]3(O)O[C@H](c4ccc(O)cc4)C[C@@H]23)C1=O. The summed E-state index contributed by atoms with van der Waals surface area (Å²) < 4.78 is 12.3. The molecule has 2 saturated heterocycles. The van der Waals surface area contributed by atoms with E-state index in [0.29, 0.717) is 31.4 Å². The number of fused-ring (bicyclic) bond motifs is 3. The summed E-state index contributed by atoms with van der Waals surface area (Å²) in [4.78, 5) is 39.1. The lowest BCUT2D eigenvalue weighted by molar-refractivity contribution is -0.272. The normalized spacial score (nSPS) is 30.2. The van der Waals surface area contributed by atoms with Gasteiger partial charge >= 0.3 is 5.97 Å². The molecule has 0 aromatic heterocycles. The van der Waals surface area contributed by atoms with Gasteiger partial charge in [-0.05, 0) is 55.5 Å². The zero-order valence-corrected chi connectivity index (χ0v) is 21.1. The molecule has 2 aromatic carbocycles. The number of hydrogen-bond donors (Lipinski definition) is 3. The fourth-order valence-electron chi connectivity index (χ4n) is 6.29. The van der Waals surface area contributed by atoms with Crippen molar-refractivity contribution in [1.29, 1.82) is 0 Å². The number of para-hydroxylation sites is 1. The van der Waals surface area contributed by atoms with Crippen molar-refractivity contribution in [2.45, 2.75) is 50.4 Å². The molecule has 3 N–H and O–H groups in total. The highest BCUT2D eigenvalue weighted by Crippen LogP contribution is 2.58. The Hall–Kier alpha value is -3.43. The molecule has 9 nitrogen and oxygen atoms in total. The van der Waals surface area contributed by atoms with Crippen LogP contribution >= 0.6 is 0 Å². The lowest BCUT2D eigenvalue weighted by Gasteiger charge is -2.44. The molecule has 2 heterocycles. The van der Waals surface area contributed by atoms with Gasteiger partial charge in [0.1, 0.15) is 11.5 Å². The van der Waals surface area contributed by atoms with Crippen LogP contribution in [0, 0.1) is 23.7 Å². The number of ether oxygens (including phenoxy) is 2. The van der Waals surface area contributed by atoms with E-state index in [2.05, 4.69) is 0 Å². The van der Waals surface area contributed by atoms with E-state index in [0.717, 1.165) is 5.56 Å². The lowest BCUT2D eigenvalue weighted by Crippen LogP contribution is -2.55. The molecule has 0 radical (unpaired) electrons. The first kappa shape index (κ1) is 26.2. The highest BCUT2D eigenvalue weighted by atomic mass is 16.6. The molecule has 2 aromatic rings. The van der Waals surface area contributed by atoms with E-state index in [1.165, 1.54) is 4.90 Å². The Morgan fingerprint density at radius 1 is 1.00 bits per heavy atom. The molecule has 1 saturated carbocycles. The largest absolute Gasteiger partial charge is 0.508 e. The number of phenolic OH excluding ortho intramolecular Hbond substituents is 1. The summed E-state index contributed by atoms with van der Waals surface area (Å²) in [6.45, 7) is 0.363. The standard InChI is InChI=1S/C29H33NO8/c31-20-12-10-18(11-13-20)24-16-23-26-22(27(34)30(28(26)35)14-6-2-5-9-25(32)33)15-19(29(23,36)38-24)17-37-21-7-3-1-4-8-21/h1,3-4,7-8,10-13,19,22-24,26,31,36H,2,5-6,9,14-17H2,(H,32,33)/t19-,22+,23+,24+,26+,29-/m1/s1. The molecule has 202 valence electrons. The van der Waals surface area contributed by atoms with Crippen LogP contribution in [0.1, 0.15) is 50.2 Å². The number of carbonyl (C=O) groups excluding carboxylic acids is 2. The Labute approximate surface area is 221 Å². The zero-order chi connectivity index (χ0) is 26.9. The maximum absolute atomic E-state index is 13.6. The minimum absolute atomic E-state index is 0.0569. The Kier molecular flexibility index (Phi) is 7.40. The summed E-state index contributed by atoms with van der Waals surface area (Å²) in [5.74, 6) is -4.70. The molecule has 2 aliphatic heterocycles. The number of rotatable bonds is 10. The van der Waals surface area contributed by atoms with Gasteiger partial charge in [0.25, 0.3) is 0 Å². The van der Waals surface area contributed by atoms with Crippen LogP contribution in [-0.2, 0) is 19.1 Å². The van der Waals surface area contributed by atoms with Crippen LogP contribution in [0.3, 0.4) is 0 Å². The molecule has 0 spiro atoms. The van der Waals surface area contributed by atoms with Crippen LogP contribution in [0.25, 0.3) is 0 Å². The van der Waals surface area contributed by atoms with E-state index in [1.807, 2.05) is 30.3 Å². The third kappa shape index (κ3) is 5.00. The molecule has 2 amide bonds. The van der Waals surface area contributed by atoms with Gasteiger partial charge in [-0.1, -0.05) is 36.8 Å². The van der Waals surface area contributed by atoms with Gasteiger partial charge < -0.3 is 24.8 Å². The van der Waals surface area contributed by atoms with Crippen LogP contribution in [0.5, 0.6) is 11.5 Å². The fourth-order valence-corrected chi connectivity index (χ4v) is 6.29. The summed E-state index contributed by atoms with van der Waals surface area (Å²) in [6, 6.07) is 15.8. The first-order valence-corrected chi connectivity index (χ1v) is 13.2. The number of amides is 2. The average Bonchev–Trinajstić information content (AvgIpc) is 3.37. The van der Waals surface area contributed by atoms with E-state index in [1.54, 1.807) is 24.3 Å². The number of carbonyl (C=O) groups is 3. The maximum Gasteiger partial charge on any atom is 0.303 e. The number of phenols is 1. The van der Waals surface area contributed by atoms with Crippen LogP contribution in [0.15, 0.2) is 54.6 Å². The van der Waals surface area contributed by atoms with E-state index in [-0.39, 0.29) is 43.6 Å². The van der Waals surface area contributed by atoms with Gasteiger partial charge in [0.2, 0.25) is 11.8 Å². The van der Waals surface area contributed by atoms with Crippen molar-refractivity contribution in [2.24, 2.45) is 23.7 Å². The predicted octanol–water partition coefficient (Wildman–Crippen LogP) is 3.50. The number of hydrogen-bond acceptors (Lipinski definition) is 7. The van der Waals surface area contributed by atoms with Crippen LogP contribution in [0.2, 0.25) is 0 Å². The van der Waals surface area contributed by atoms with Crippen molar-refractivity contribution >= 4 is 17.8 Å². The summed E-state index contributed by atoms with van der Waals surface area (Å²) in [5.41, 5.74) is 0.775. The van der Waals surface area contributed by atoms with Gasteiger partial charge in [0.15, 0.2) is 5.79 Å². The monoisotopic (exact) mass is 523 g/mol. The quantitative estimate of drug-likeness (QED) is 0.318. The number of likely N-dealkylation sites (tertiary alicyclic amines) is 1. The van der Waals surface area contributed by atoms with Gasteiger partial charge in [-0.25, -0.2) is 0 Å². The number of aliphatic hydroxyl groups is 1. The summed E-state index contributed by atoms with van der Waals surface area (Å²) in [6.07, 6.45) is 1.79. The topological polar surface area (TPSA) is 134 Å². The van der Waals surface area contributed by atoms with E-state index < -0.39 is 41.5 Å². The molecule has 3 aliphatic rings. The van der Waals surface area contributed by atoms with Crippen LogP contribution < -0.4 is 4.74 Å². The summed E-state index contributed by atoms with van der Waals surface area (Å²) >= 11 is 0. The third-order valence-corrected chi connectivity index (χ3v) is 8.19. The van der Waals surface area contributed by atoms with Crippen LogP contribution in [-0.4, -0.2) is 56.9 Å². The number of carboxylic acid groups (broad SMARTS) is 1. The number of unbranched alkanes of at least 4 members (excludes halogenated alkanes) is 2. The van der Waals surface area contributed by atoms with Crippen molar-refractivity contribution in [3.8, 4) is 11.5 Å². The second-order valence-corrected chi connectivity index (χ2v) is 10.5. The number of aromatic hydroxyl groups is 1. The van der Waals surface area contributed by atoms with Gasteiger partial charge in [0, 0.05) is 24.8 Å². The Morgan fingerprint density at radius 2 is 1.74 bits per heavy atom. The Balaban J connectivity index is 1.37. The maximum atomic E-state index is 13.6. The summed E-state index contributed by atoms with van der Waals surface area (Å²) in [7, 11) is 0. The number of imide groups is 1. The zero-order valence-electron chi connectivity index (χ0n) is 21.1. The first-order valence-electron chi connectivity index (χ1n) is 13.2. The number of aliphatic carboxylic acids is 1. The van der Waals surface area contributed by atoms with Crippen molar-refractivity contribution in [3.05, 3.63) is 60.2 Å². The number of carboxylic acids is 1. The lowest BCUT2D eigenvalue weighted by atomic mass is 9.64. The molecular formula is C29H33NO8. The number of nitrogens with zero attached hydrogens (tertiary/aromatic N) is 1. The third-order valence-electron chi connectivity index (χ3n) is 8.19. The molecule has 0 bridgehead atoms. The molecule has 1 aliphatic carbocycles. The van der Waals surface area contributed by atoms with E-state index in [9.17, 15) is 24.6 Å². The fraction of sp³-hybridized carbons (Fsp3) is 0.483. The smallest absolute Gasteiger partial charge is 0.303 e. The van der Waals surface area contributed by atoms with Gasteiger partial charge in [-0.3, -0.25) is 19.3 Å². The van der Waals surface area contributed by atoms with E-state index in [4.69, 9.17) is 14.6 Å². The van der Waals surface area contributed by atoms with Gasteiger partial charge in [-0.2, -0.15) is 0 Å². The van der Waals surface area contributed by atoms with Crippen molar-refractivity contribution in [2.75, 3.05) is 13.2 Å². The molecule has 9 heteroatoms. The van der Waals surface area contributed by atoms with Crippen molar-refractivity contribution in [1.82, 2.24) is 4.90 Å². The average molecular weight is 524 g/mol. The molecule has 38 heavy (non-hydrogen) atoms. The minimum atomic E-state index is -1.66.